The molecule has 4 heteroatoms. The zero-order valence-electron chi connectivity index (χ0n) is 8.71. The second kappa shape index (κ2) is 4.46. The molecule has 1 saturated heterocycles. The smallest absolute Gasteiger partial charge is 0.0753 e. The lowest BCUT2D eigenvalue weighted by Gasteiger charge is -2.14. The number of aromatic amines is 1. The standard InChI is InChI=1S/C10H18N4/c1-9-10(8-12-13-9)11-4-7-14-5-2-3-6-14/h8,11H,2-7H2,1H3,(H,12,13). The molecule has 14 heavy (non-hydrogen) atoms. The van der Waals surface area contributed by atoms with Crippen LogP contribution < -0.4 is 5.32 Å². The van der Waals surface area contributed by atoms with Gasteiger partial charge >= 0.3 is 0 Å². The highest BCUT2D eigenvalue weighted by Crippen LogP contribution is 2.10. The molecule has 0 spiro atoms. The van der Waals surface area contributed by atoms with Crippen molar-refractivity contribution in [1.82, 2.24) is 15.1 Å². The molecule has 0 radical (unpaired) electrons. The number of aromatic nitrogens is 2. The molecule has 1 aromatic rings. The Morgan fingerprint density at radius 3 is 2.93 bits per heavy atom. The molecule has 0 atom stereocenters. The molecule has 0 bridgehead atoms. The lowest BCUT2D eigenvalue weighted by atomic mass is 10.4. The number of hydrogen-bond acceptors (Lipinski definition) is 3. The van der Waals surface area contributed by atoms with Crippen molar-refractivity contribution in [1.29, 1.82) is 0 Å². The fourth-order valence-corrected chi connectivity index (χ4v) is 1.88. The summed E-state index contributed by atoms with van der Waals surface area (Å²) < 4.78 is 0. The molecule has 2 N–H and O–H groups in total. The van der Waals surface area contributed by atoms with E-state index in [2.05, 4.69) is 20.4 Å². The Bertz CT molecular complexity index is 275. The van der Waals surface area contributed by atoms with Crippen LogP contribution in [0.3, 0.4) is 0 Å². The Kier molecular flexibility index (Phi) is 3.03. The molecule has 4 nitrogen and oxygen atoms in total. The van der Waals surface area contributed by atoms with E-state index in [9.17, 15) is 0 Å². The van der Waals surface area contributed by atoms with Crippen molar-refractivity contribution in [3.8, 4) is 0 Å². The normalized spacial score (nSPS) is 17.5. The highest BCUT2D eigenvalue weighted by atomic mass is 15.2. The highest BCUT2D eigenvalue weighted by Gasteiger charge is 2.10. The van der Waals surface area contributed by atoms with Crippen LogP contribution in [0.5, 0.6) is 0 Å². The number of aryl methyl sites for hydroxylation is 1. The van der Waals surface area contributed by atoms with Gasteiger partial charge in [0.05, 0.1) is 17.6 Å². The summed E-state index contributed by atoms with van der Waals surface area (Å²) in [6.07, 6.45) is 4.58. The number of nitrogens with one attached hydrogen (secondary N) is 2. The van der Waals surface area contributed by atoms with E-state index in [4.69, 9.17) is 0 Å². The van der Waals surface area contributed by atoms with Crippen LogP contribution in [-0.4, -0.2) is 41.3 Å². The Morgan fingerprint density at radius 1 is 1.50 bits per heavy atom. The predicted molar refractivity (Wildman–Crippen MR) is 57.5 cm³/mol. The Morgan fingerprint density at radius 2 is 2.29 bits per heavy atom. The SMILES string of the molecule is Cc1[nH]ncc1NCCN1CCCC1. The first-order chi connectivity index (χ1) is 6.86. The molecular formula is C10H18N4. The third-order valence-electron chi connectivity index (χ3n) is 2.77. The van der Waals surface area contributed by atoms with Crippen LogP contribution in [0.2, 0.25) is 0 Å². The third-order valence-corrected chi connectivity index (χ3v) is 2.77. The van der Waals surface area contributed by atoms with Crippen molar-refractivity contribution in [2.75, 3.05) is 31.5 Å². The molecule has 0 saturated carbocycles. The molecular weight excluding hydrogens is 176 g/mol. The average molecular weight is 194 g/mol. The van der Waals surface area contributed by atoms with Crippen molar-refractivity contribution in [3.05, 3.63) is 11.9 Å². The lowest BCUT2D eigenvalue weighted by molar-refractivity contribution is 0.352. The van der Waals surface area contributed by atoms with Crippen LogP contribution in [0.25, 0.3) is 0 Å². The van der Waals surface area contributed by atoms with Gasteiger partial charge in [0.1, 0.15) is 0 Å². The largest absolute Gasteiger partial charge is 0.381 e. The van der Waals surface area contributed by atoms with Gasteiger partial charge in [-0.05, 0) is 32.9 Å². The number of hydrogen-bond donors (Lipinski definition) is 2. The summed E-state index contributed by atoms with van der Waals surface area (Å²) in [6, 6.07) is 0. The molecule has 78 valence electrons. The fourth-order valence-electron chi connectivity index (χ4n) is 1.88. The summed E-state index contributed by atoms with van der Waals surface area (Å²) in [5, 5.41) is 10.3. The molecule has 0 unspecified atom stereocenters. The molecule has 1 aliphatic rings. The quantitative estimate of drug-likeness (QED) is 0.757. The van der Waals surface area contributed by atoms with Gasteiger partial charge in [-0.1, -0.05) is 0 Å². The van der Waals surface area contributed by atoms with E-state index < -0.39 is 0 Å². The van der Waals surface area contributed by atoms with Gasteiger partial charge in [-0.15, -0.1) is 0 Å². The molecule has 1 aromatic heterocycles. The van der Waals surface area contributed by atoms with Crippen LogP contribution in [0, 0.1) is 6.92 Å². The molecule has 2 heterocycles. The third kappa shape index (κ3) is 2.26. The van der Waals surface area contributed by atoms with Gasteiger partial charge < -0.3 is 10.2 Å². The van der Waals surface area contributed by atoms with E-state index in [1.165, 1.54) is 25.9 Å². The van der Waals surface area contributed by atoms with Gasteiger partial charge in [-0.25, -0.2) is 0 Å². The van der Waals surface area contributed by atoms with Crippen LogP contribution in [0.15, 0.2) is 6.20 Å². The van der Waals surface area contributed by atoms with Crippen molar-refractivity contribution in [3.63, 3.8) is 0 Å². The number of nitrogens with zero attached hydrogens (tertiary/aromatic N) is 2. The molecule has 1 aliphatic heterocycles. The maximum Gasteiger partial charge on any atom is 0.0753 e. The minimum atomic E-state index is 1.01. The maximum absolute atomic E-state index is 3.97. The van der Waals surface area contributed by atoms with E-state index in [0.717, 1.165) is 24.5 Å². The highest BCUT2D eigenvalue weighted by molar-refractivity contribution is 5.44. The van der Waals surface area contributed by atoms with E-state index in [1.807, 2.05) is 13.1 Å². The van der Waals surface area contributed by atoms with Crippen molar-refractivity contribution < 1.29 is 0 Å². The first-order valence-electron chi connectivity index (χ1n) is 5.32. The molecule has 0 aromatic carbocycles. The van der Waals surface area contributed by atoms with Gasteiger partial charge in [0, 0.05) is 13.1 Å². The molecule has 0 amide bonds. The first kappa shape index (κ1) is 9.52. The number of rotatable bonds is 4. The lowest BCUT2D eigenvalue weighted by Crippen LogP contribution is -2.25. The van der Waals surface area contributed by atoms with Crippen molar-refractivity contribution >= 4 is 5.69 Å². The van der Waals surface area contributed by atoms with Gasteiger partial charge in [-0.3, -0.25) is 5.10 Å². The summed E-state index contributed by atoms with van der Waals surface area (Å²) in [5.74, 6) is 0. The van der Waals surface area contributed by atoms with Gasteiger partial charge in [-0.2, -0.15) is 5.10 Å². The fraction of sp³-hybridized carbons (Fsp3) is 0.700. The number of likely N-dealkylation sites (tertiary alicyclic amines) is 1. The molecule has 2 rings (SSSR count). The van der Waals surface area contributed by atoms with Crippen molar-refractivity contribution in [2.24, 2.45) is 0 Å². The minimum absolute atomic E-state index is 1.01. The zero-order valence-corrected chi connectivity index (χ0v) is 8.71. The monoisotopic (exact) mass is 194 g/mol. The topological polar surface area (TPSA) is 44.0 Å². The Balaban J connectivity index is 1.70. The molecule has 1 fully saturated rings. The summed E-state index contributed by atoms with van der Waals surface area (Å²) in [5.41, 5.74) is 2.25. The predicted octanol–water partition coefficient (Wildman–Crippen LogP) is 1.23. The average Bonchev–Trinajstić information content (AvgIpc) is 2.78. The van der Waals surface area contributed by atoms with Crippen LogP contribution in [0.1, 0.15) is 18.5 Å². The van der Waals surface area contributed by atoms with Crippen LogP contribution in [-0.2, 0) is 0 Å². The van der Waals surface area contributed by atoms with E-state index in [0.29, 0.717) is 0 Å². The zero-order chi connectivity index (χ0) is 9.80. The number of H-pyrrole nitrogens is 1. The number of anilines is 1. The van der Waals surface area contributed by atoms with Gasteiger partial charge in [0.25, 0.3) is 0 Å². The van der Waals surface area contributed by atoms with Crippen molar-refractivity contribution in [2.45, 2.75) is 19.8 Å². The first-order valence-corrected chi connectivity index (χ1v) is 5.32. The van der Waals surface area contributed by atoms with E-state index >= 15 is 0 Å². The summed E-state index contributed by atoms with van der Waals surface area (Å²) in [7, 11) is 0. The van der Waals surface area contributed by atoms with Gasteiger partial charge in [0.2, 0.25) is 0 Å². The van der Waals surface area contributed by atoms with E-state index in [1.54, 1.807) is 0 Å². The summed E-state index contributed by atoms with van der Waals surface area (Å²) in [4.78, 5) is 2.50. The second-order valence-electron chi connectivity index (χ2n) is 3.88. The van der Waals surface area contributed by atoms with Crippen LogP contribution >= 0.6 is 0 Å². The minimum Gasteiger partial charge on any atom is -0.381 e. The Hall–Kier alpha value is -1.03. The molecule has 0 aliphatic carbocycles. The summed E-state index contributed by atoms with van der Waals surface area (Å²) >= 11 is 0. The second-order valence-corrected chi connectivity index (χ2v) is 3.88. The van der Waals surface area contributed by atoms with Crippen LogP contribution in [0.4, 0.5) is 5.69 Å². The maximum atomic E-state index is 3.97. The Labute approximate surface area is 84.7 Å². The summed E-state index contributed by atoms with van der Waals surface area (Å²) in [6.45, 7) is 6.73. The van der Waals surface area contributed by atoms with Gasteiger partial charge in [0.15, 0.2) is 0 Å². The van der Waals surface area contributed by atoms with E-state index in [-0.39, 0.29) is 0 Å².